The monoisotopic (exact) mass is 627 g/mol. The third-order valence-electron chi connectivity index (χ3n) is 9.98. The van der Waals surface area contributed by atoms with Crippen molar-refractivity contribution in [2.75, 3.05) is 0 Å². The molecule has 1 aliphatic rings. The van der Waals surface area contributed by atoms with Crippen LogP contribution in [0.3, 0.4) is 0 Å². The lowest BCUT2D eigenvalue weighted by molar-refractivity contribution is 0.666. The molecule has 0 radical (unpaired) electrons. The first kappa shape index (κ1) is 29.0. The number of nitrogens with zero attached hydrogens (tertiary/aromatic N) is 3. The van der Waals surface area contributed by atoms with Crippen molar-refractivity contribution < 1.29 is 0 Å². The van der Waals surface area contributed by atoms with Gasteiger partial charge in [0.25, 0.3) is 0 Å². The SMILES string of the molecule is CC1(C)c2cc(-c3ccc(-c4cc(-c5ccccc5)nc(-c5ccc(-c6cccnc6)cc5)n4)cc3)ccc2-c2ccc3ccccc3c21. The summed E-state index contributed by atoms with van der Waals surface area (Å²) in [5, 5.41) is 2.64. The Morgan fingerprint density at radius 1 is 0.449 bits per heavy atom. The van der Waals surface area contributed by atoms with Crippen LogP contribution in [0.15, 0.2) is 164 Å². The third kappa shape index (κ3) is 5.03. The summed E-state index contributed by atoms with van der Waals surface area (Å²) in [5.74, 6) is 0.700. The topological polar surface area (TPSA) is 38.7 Å². The summed E-state index contributed by atoms with van der Waals surface area (Å²) in [4.78, 5) is 14.4. The zero-order valence-corrected chi connectivity index (χ0v) is 27.4. The molecular weight excluding hydrogens is 595 g/mol. The first-order valence-electron chi connectivity index (χ1n) is 16.8. The lowest BCUT2D eigenvalue weighted by Gasteiger charge is -2.23. The Morgan fingerprint density at radius 3 is 1.78 bits per heavy atom. The van der Waals surface area contributed by atoms with Gasteiger partial charge in [0.1, 0.15) is 0 Å². The number of hydrogen-bond acceptors (Lipinski definition) is 3. The minimum atomic E-state index is -0.0944. The van der Waals surface area contributed by atoms with Gasteiger partial charge in [0.15, 0.2) is 5.82 Å². The van der Waals surface area contributed by atoms with E-state index in [1.807, 2.05) is 30.5 Å². The number of aromatic nitrogens is 3. The van der Waals surface area contributed by atoms with E-state index >= 15 is 0 Å². The second-order valence-electron chi connectivity index (χ2n) is 13.3. The average molecular weight is 628 g/mol. The molecule has 2 aromatic heterocycles. The molecule has 0 fully saturated rings. The lowest BCUT2D eigenvalue weighted by atomic mass is 9.79. The van der Waals surface area contributed by atoms with E-state index in [-0.39, 0.29) is 5.41 Å². The summed E-state index contributed by atoms with van der Waals surface area (Å²) >= 11 is 0. The highest BCUT2D eigenvalue weighted by atomic mass is 14.9. The fourth-order valence-electron chi connectivity index (χ4n) is 7.44. The highest BCUT2D eigenvalue weighted by Gasteiger charge is 2.37. The molecule has 49 heavy (non-hydrogen) atoms. The van der Waals surface area contributed by atoms with Gasteiger partial charge in [-0.05, 0) is 73.5 Å². The molecule has 0 unspecified atom stereocenters. The molecule has 9 rings (SSSR count). The minimum Gasteiger partial charge on any atom is -0.264 e. The van der Waals surface area contributed by atoms with E-state index in [9.17, 15) is 0 Å². The van der Waals surface area contributed by atoms with Crippen LogP contribution in [-0.4, -0.2) is 15.0 Å². The van der Waals surface area contributed by atoms with Gasteiger partial charge in [-0.15, -0.1) is 0 Å². The molecule has 0 aliphatic heterocycles. The van der Waals surface area contributed by atoms with E-state index in [1.54, 1.807) is 6.20 Å². The van der Waals surface area contributed by atoms with Gasteiger partial charge in [-0.3, -0.25) is 4.98 Å². The van der Waals surface area contributed by atoms with Crippen LogP contribution in [0, 0.1) is 0 Å². The van der Waals surface area contributed by atoms with Gasteiger partial charge in [-0.25, -0.2) is 9.97 Å². The highest BCUT2D eigenvalue weighted by molar-refractivity contribution is 5.98. The Bertz CT molecular complexity index is 2480. The molecule has 3 nitrogen and oxygen atoms in total. The van der Waals surface area contributed by atoms with Gasteiger partial charge in [-0.1, -0.05) is 147 Å². The molecule has 0 amide bonds. The van der Waals surface area contributed by atoms with E-state index in [0.29, 0.717) is 5.82 Å². The van der Waals surface area contributed by atoms with E-state index in [2.05, 4.69) is 146 Å². The number of pyridine rings is 1. The molecule has 1 aliphatic carbocycles. The Hall–Kier alpha value is -6.19. The van der Waals surface area contributed by atoms with E-state index < -0.39 is 0 Å². The van der Waals surface area contributed by atoms with Crippen LogP contribution in [0.1, 0.15) is 25.0 Å². The molecular formula is C46H33N3. The van der Waals surface area contributed by atoms with Crippen LogP contribution in [0.4, 0.5) is 0 Å². The summed E-state index contributed by atoms with van der Waals surface area (Å²) in [5.41, 5.74) is 14.9. The quantitative estimate of drug-likeness (QED) is 0.191. The van der Waals surface area contributed by atoms with Crippen LogP contribution < -0.4 is 0 Å². The number of hydrogen-bond donors (Lipinski definition) is 0. The molecule has 0 saturated heterocycles. The van der Waals surface area contributed by atoms with Crippen LogP contribution in [0.2, 0.25) is 0 Å². The molecule has 232 valence electrons. The molecule has 0 bridgehead atoms. The lowest BCUT2D eigenvalue weighted by Crippen LogP contribution is -2.15. The predicted molar refractivity (Wildman–Crippen MR) is 202 cm³/mol. The fourth-order valence-corrected chi connectivity index (χ4v) is 7.44. The van der Waals surface area contributed by atoms with Gasteiger partial charge in [0, 0.05) is 34.5 Å². The maximum absolute atomic E-state index is 5.09. The molecule has 0 spiro atoms. The van der Waals surface area contributed by atoms with Crippen molar-refractivity contribution in [3.05, 3.63) is 175 Å². The predicted octanol–water partition coefficient (Wildman–Crippen LogP) is 11.7. The normalized spacial score (nSPS) is 12.9. The van der Waals surface area contributed by atoms with Crippen molar-refractivity contribution in [1.82, 2.24) is 15.0 Å². The van der Waals surface area contributed by atoms with Gasteiger partial charge in [-0.2, -0.15) is 0 Å². The first-order chi connectivity index (χ1) is 24.0. The van der Waals surface area contributed by atoms with Crippen LogP contribution in [0.25, 0.3) is 78.1 Å². The maximum Gasteiger partial charge on any atom is 0.160 e. The first-order valence-corrected chi connectivity index (χ1v) is 16.8. The van der Waals surface area contributed by atoms with E-state index in [1.165, 1.54) is 44.2 Å². The zero-order chi connectivity index (χ0) is 33.0. The van der Waals surface area contributed by atoms with E-state index in [4.69, 9.17) is 9.97 Å². The van der Waals surface area contributed by atoms with Gasteiger partial charge < -0.3 is 0 Å². The average Bonchev–Trinajstić information content (AvgIpc) is 3.41. The summed E-state index contributed by atoms with van der Waals surface area (Å²) < 4.78 is 0. The van der Waals surface area contributed by atoms with Crippen LogP contribution >= 0.6 is 0 Å². The van der Waals surface area contributed by atoms with Crippen molar-refractivity contribution >= 4 is 10.8 Å². The zero-order valence-electron chi connectivity index (χ0n) is 27.4. The van der Waals surface area contributed by atoms with E-state index in [0.717, 1.165) is 39.2 Å². The summed E-state index contributed by atoms with van der Waals surface area (Å²) in [7, 11) is 0. The summed E-state index contributed by atoms with van der Waals surface area (Å²) in [6, 6.07) is 53.9. The molecule has 0 saturated carbocycles. The van der Waals surface area contributed by atoms with Gasteiger partial charge >= 0.3 is 0 Å². The van der Waals surface area contributed by atoms with Crippen molar-refractivity contribution in [3.8, 4) is 67.3 Å². The number of benzene rings is 6. The minimum absolute atomic E-state index is 0.0944. The Balaban J connectivity index is 1.08. The number of rotatable bonds is 5. The molecule has 6 aromatic carbocycles. The largest absolute Gasteiger partial charge is 0.264 e. The van der Waals surface area contributed by atoms with Crippen molar-refractivity contribution in [2.24, 2.45) is 0 Å². The maximum atomic E-state index is 5.09. The second kappa shape index (κ2) is 11.5. The second-order valence-corrected chi connectivity index (χ2v) is 13.3. The van der Waals surface area contributed by atoms with Gasteiger partial charge in [0.05, 0.1) is 11.4 Å². The molecule has 0 atom stereocenters. The van der Waals surface area contributed by atoms with Crippen LogP contribution in [0.5, 0.6) is 0 Å². The van der Waals surface area contributed by atoms with Crippen molar-refractivity contribution in [2.45, 2.75) is 19.3 Å². The highest BCUT2D eigenvalue weighted by Crippen LogP contribution is 2.52. The fraction of sp³-hybridized carbons (Fsp3) is 0.0652. The smallest absolute Gasteiger partial charge is 0.160 e. The molecule has 8 aromatic rings. The molecule has 3 heteroatoms. The Kier molecular flexibility index (Phi) is 6.80. The third-order valence-corrected chi connectivity index (χ3v) is 9.98. The van der Waals surface area contributed by atoms with Crippen molar-refractivity contribution in [1.29, 1.82) is 0 Å². The number of fused-ring (bicyclic) bond motifs is 5. The van der Waals surface area contributed by atoms with Gasteiger partial charge in [0.2, 0.25) is 0 Å². The summed E-state index contributed by atoms with van der Waals surface area (Å²) in [6.45, 7) is 4.72. The molecule has 2 heterocycles. The Labute approximate surface area is 286 Å². The Morgan fingerprint density at radius 2 is 1.04 bits per heavy atom. The standard InChI is InChI=1S/C46H33N3/c1-46(2)41-27-36(23-24-39(41)40-25-22-32-9-6-7-13-38(32)44(40)46)30-14-18-34(19-15-30)43-28-42(33-10-4-3-5-11-33)48-45(49-43)35-20-16-31(17-21-35)37-12-8-26-47-29-37/h3-29H,1-2H3. The molecule has 0 N–H and O–H groups in total. The van der Waals surface area contributed by atoms with Crippen molar-refractivity contribution in [3.63, 3.8) is 0 Å². The summed E-state index contributed by atoms with van der Waals surface area (Å²) in [6.07, 6.45) is 3.68. The van der Waals surface area contributed by atoms with Crippen LogP contribution in [-0.2, 0) is 5.41 Å².